The highest BCUT2D eigenvalue weighted by Gasteiger charge is 2.31. The maximum Gasteiger partial charge on any atom is 0.0834 e. The van der Waals surface area contributed by atoms with E-state index in [-0.39, 0.29) is 11.6 Å². The number of nitrogens with zero attached hydrogens (tertiary/aromatic N) is 2. The van der Waals surface area contributed by atoms with Crippen LogP contribution in [0.15, 0.2) is 12.4 Å². The number of nitrogens with two attached hydrogens (primary N) is 1. The van der Waals surface area contributed by atoms with Gasteiger partial charge in [-0.05, 0) is 27.7 Å². The van der Waals surface area contributed by atoms with E-state index in [0.29, 0.717) is 6.61 Å². The number of aromatic nitrogens is 2. The van der Waals surface area contributed by atoms with E-state index in [4.69, 9.17) is 10.6 Å². The van der Waals surface area contributed by atoms with Crippen molar-refractivity contribution < 1.29 is 4.74 Å². The lowest BCUT2D eigenvalue weighted by Crippen LogP contribution is -2.44. The molecule has 0 saturated heterocycles. The molecule has 0 aliphatic rings. The largest absolute Gasteiger partial charge is 0.374 e. The second kappa shape index (κ2) is 5.43. The van der Waals surface area contributed by atoms with E-state index in [0.717, 1.165) is 12.1 Å². The van der Waals surface area contributed by atoms with Crippen LogP contribution in [0.5, 0.6) is 0 Å². The Bertz CT molecular complexity index is 322. The van der Waals surface area contributed by atoms with E-state index >= 15 is 0 Å². The minimum Gasteiger partial charge on any atom is -0.374 e. The van der Waals surface area contributed by atoms with Gasteiger partial charge in [0.25, 0.3) is 0 Å². The Balaban J connectivity index is 2.88. The third-order valence-electron chi connectivity index (χ3n) is 2.69. The summed E-state index contributed by atoms with van der Waals surface area (Å²) in [5.74, 6) is 5.60. The Hall–Kier alpha value is -0.910. The number of nitrogens with one attached hydrogen (secondary N) is 1. The van der Waals surface area contributed by atoms with E-state index in [2.05, 4.69) is 17.4 Å². The van der Waals surface area contributed by atoms with E-state index in [9.17, 15) is 0 Å². The molecular weight excluding hydrogens is 204 g/mol. The summed E-state index contributed by atoms with van der Waals surface area (Å²) in [7, 11) is 0. The molecule has 1 unspecified atom stereocenters. The summed E-state index contributed by atoms with van der Waals surface area (Å²) in [5.41, 5.74) is 3.49. The quantitative estimate of drug-likeness (QED) is 0.565. The van der Waals surface area contributed by atoms with E-state index in [1.54, 1.807) is 0 Å². The fourth-order valence-electron chi connectivity index (χ4n) is 1.86. The van der Waals surface area contributed by atoms with Crippen molar-refractivity contribution in [2.45, 2.75) is 45.9 Å². The molecule has 0 aromatic carbocycles. The van der Waals surface area contributed by atoms with Gasteiger partial charge >= 0.3 is 0 Å². The van der Waals surface area contributed by atoms with Gasteiger partial charge in [-0.1, -0.05) is 0 Å². The average molecular weight is 226 g/mol. The Morgan fingerprint density at radius 2 is 2.25 bits per heavy atom. The summed E-state index contributed by atoms with van der Waals surface area (Å²) in [6, 6.07) is -0.0623. The molecule has 16 heavy (non-hydrogen) atoms. The van der Waals surface area contributed by atoms with E-state index < -0.39 is 0 Å². The van der Waals surface area contributed by atoms with Crippen molar-refractivity contribution in [3.63, 3.8) is 0 Å². The van der Waals surface area contributed by atoms with Gasteiger partial charge in [-0.2, -0.15) is 5.10 Å². The molecule has 0 aliphatic heterocycles. The van der Waals surface area contributed by atoms with Crippen LogP contribution in [0.25, 0.3) is 0 Å². The molecule has 0 bridgehead atoms. The van der Waals surface area contributed by atoms with Crippen molar-refractivity contribution in [3.05, 3.63) is 18.0 Å². The molecule has 5 nitrogen and oxygen atoms in total. The van der Waals surface area contributed by atoms with Crippen LogP contribution < -0.4 is 11.3 Å². The maximum atomic E-state index is 5.70. The van der Waals surface area contributed by atoms with Crippen molar-refractivity contribution >= 4 is 0 Å². The van der Waals surface area contributed by atoms with Crippen molar-refractivity contribution in [1.82, 2.24) is 15.2 Å². The summed E-state index contributed by atoms with van der Waals surface area (Å²) < 4.78 is 7.58. The number of hydrazine groups is 1. The van der Waals surface area contributed by atoms with Crippen LogP contribution >= 0.6 is 0 Å². The third kappa shape index (κ3) is 2.81. The minimum absolute atomic E-state index is 0.0623. The molecule has 1 heterocycles. The number of hydrogen-bond donors (Lipinski definition) is 2. The minimum atomic E-state index is -0.356. The molecule has 0 amide bonds. The predicted octanol–water partition coefficient (Wildman–Crippen LogP) is 1.22. The smallest absolute Gasteiger partial charge is 0.0834 e. The van der Waals surface area contributed by atoms with Gasteiger partial charge in [0, 0.05) is 24.9 Å². The van der Waals surface area contributed by atoms with E-state index in [1.165, 1.54) is 0 Å². The van der Waals surface area contributed by atoms with Gasteiger partial charge in [-0.25, -0.2) is 5.43 Å². The zero-order chi connectivity index (χ0) is 12.2. The first-order valence-electron chi connectivity index (χ1n) is 5.67. The molecule has 0 fully saturated rings. The molecule has 0 radical (unpaired) electrons. The highest BCUT2D eigenvalue weighted by atomic mass is 16.5. The van der Waals surface area contributed by atoms with Crippen LogP contribution in [-0.2, 0) is 11.3 Å². The monoisotopic (exact) mass is 226 g/mol. The molecule has 5 heteroatoms. The summed E-state index contributed by atoms with van der Waals surface area (Å²) in [6.07, 6.45) is 3.82. The second-order valence-corrected chi connectivity index (χ2v) is 4.27. The topological polar surface area (TPSA) is 65.1 Å². The van der Waals surface area contributed by atoms with Gasteiger partial charge in [0.05, 0.1) is 17.8 Å². The summed E-state index contributed by atoms with van der Waals surface area (Å²) in [5, 5.41) is 4.24. The van der Waals surface area contributed by atoms with Crippen LogP contribution in [0.3, 0.4) is 0 Å². The van der Waals surface area contributed by atoms with Crippen molar-refractivity contribution in [1.29, 1.82) is 0 Å². The Labute approximate surface area is 96.9 Å². The molecule has 1 aromatic heterocycles. The number of aryl methyl sites for hydroxylation is 1. The van der Waals surface area contributed by atoms with Crippen molar-refractivity contribution in [2.75, 3.05) is 6.61 Å². The Morgan fingerprint density at radius 1 is 1.56 bits per heavy atom. The lowest BCUT2D eigenvalue weighted by atomic mass is 9.94. The number of hydrogen-bond acceptors (Lipinski definition) is 4. The van der Waals surface area contributed by atoms with Gasteiger partial charge in [-0.15, -0.1) is 0 Å². The molecule has 1 atom stereocenters. The number of ether oxygens (including phenoxy) is 1. The van der Waals surface area contributed by atoms with Crippen LogP contribution in [0.1, 0.15) is 39.3 Å². The van der Waals surface area contributed by atoms with Crippen LogP contribution in [0.4, 0.5) is 0 Å². The zero-order valence-corrected chi connectivity index (χ0v) is 10.5. The first-order valence-corrected chi connectivity index (χ1v) is 5.67. The number of rotatable bonds is 6. The molecule has 0 aliphatic carbocycles. The van der Waals surface area contributed by atoms with Gasteiger partial charge in [0.2, 0.25) is 0 Å². The first-order chi connectivity index (χ1) is 7.55. The van der Waals surface area contributed by atoms with Gasteiger partial charge < -0.3 is 4.74 Å². The molecule has 1 rings (SSSR count). The summed E-state index contributed by atoms with van der Waals surface area (Å²) >= 11 is 0. The lowest BCUT2D eigenvalue weighted by molar-refractivity contribution is -0.0392. The van der Waals surface area contributed by atoms with Crippen LogP contribution in [-0.4, -0.2) is 22.0 Å². The first kappa shape index (κ1) is 13.2. The maximum absolute atomic E-state index is 5.70. The van der Waals surface area contributed by atoms with Gasteiger partial charge in [0.15, 0.2) is 0 Å². The predicted molar refractivity (Wildman–Crippen MR) is 63.7 cm³/mol. The summed E-state index contributed by atoms with van der Waals surface area (Å²) in [4.78, 5) is 0. The molecule has 92 valence electrons. The standard InChI is InChI=1S/C11H22N4O/c1-5-15-8-9(7-13-15)10(14-12)11(3,4)16-6-2/h7-8,10,14H,5-6,12H2,1-4H3. The molecule has 3 N–H and O–H groups in total. The highest BCUT2D eigenvalue weighted by molar-refractivity contribution is 5.14. The van der Waals surface area contributed by atoms with Crippen LogP contribution in [0.2, 0.25) is 0 Å². The van der Waals surface area contributed by atoms with Crippen molar-refractivity contribution in [3.8, 4) is 0 Å². The van der Waals surface area contributed by atoms with Gasteiger partial charge in [0.1, 0.15) is 0 Å². The third-order valence-corrected chi connectivity index (χ3v) is 2.69. The molecule has 0 saturated carbocycles. The summed E-state index contributed by atoms with van der Waals surface area (Å²) in [6.45, 7) is 9.58. The normalized spacial score (nSPS) is 14.1. The van der Waals surface area contributed by atoms with Gasteiger partial charge in [-0.3, -0.25) is 10.5 Å². The second-order valence-electron chi connectivity index (χ2n) is 4.27. The van der Waals surface area contributed by atoms with Crippen molar-refractivity contribution in [2.24, 2.45) is 5.84 Å². The fourth-order valence-corrected chi connectivity index (χ4v) is 1.86. The molecule has 0 spiro atoms. The molecular formula is C11H22N4O. The Morgan fingerprint density at radius 3 is 2.69 bits per heavy atom. The van der Waals surface area contributed by atoms with E-state index in [1.807, 2.05) is 37.8 Å². The highest BCUT2D eigenvalue weighted by Crippen LogP contribution is 2.27. The zero-order valence-electron chi connectivity index (χ0n) is 10.5. The fraction of sp³-hybridized carbons (Fsp3) is 0.727. The lowest BCUT2D eigenvalue weighted by Gasteiger charge is -2.33. The SMILES string of the molecule is CCOC(C)(C)C(NN)c1cnn(CC)c1. The average Bonchev–Trinajstić information content (AvgIpc) is 2.66. The molecule has 1 aromatic rings. The van der Waals surface area contributed by atoms with Crippen LogP contribution in [0, 0.1) is 0 Å². The Kier molecular flexibility index (Phi) is 4.46.